The summed E-state index contributed by atoms with van der Waals surface area (Å²) in [4.78, 5) is 47.5. The number of esters is 2. The van der Waals surface area contributed by atoms with E-state index in [9.17, 15) is 24.5 Å². The van der Waals surface area contributed by atoms with Gasteiger partial charge in [0.15, 0.2) is 0 Å². The van der Waals surface area contributed by atoms with Crippen molar-refractivity contribution in [3.63, 3.8) is 0 Å². The van der Waals surface area contributed by atoms with Crippen LogP contribution in [0.1, 0.15) is 48.4 Å². The highest BCUT2D eigenvalue weighted by Crippen LogP contribution is 2.34. The summed E-state index contributed by atoms with van der Waals surface area (Å²) in [5, 5.41) is 13.7. The Morgan fingerprint density at radius 1 is 1.21 bits per heavy atom. The molecule has 0 unspecified atom stereocenters. The highest BCUT2D eigenvalue weighted by atomic mass is 32.1. The number of aryl methyl sites for hydroxylation is 1. The molecule has 10 heteroatoms. The van der Waals surface area contributed by atoms with Crippen molar-refractivity contribution in [1.82, 2.24) is 0 Å². The van der Waals surface area contributed by atoms with Crippen LogP contribution in [0.25, 0.3) is 0 Å². The quantitative estimate of drug-likeness (QED) is 0.442. The second-order valence-electron chi connectivity index (χ2n) is 5.68. The Kier molecular flexibility index (Phi) is 6.47. The van der Waals surface area contributed by atoms with E-state index in [0.717, 1.165) is 17.4 Å². The molecule has 0 aliphatic rings. The highest BCUT2D eigenvalue weighted by molar-refractivity contribution is 7.18. The van der Waals surface area contributed by atoms with Gasteiger partial charge in [0.1, 0.15) is 9.88 Å². The summed E-state index contributed by atoms with van der Waals surface area (Å²) in [6.45, 7) is 4.84. The zero-order chi connectivity index (χ0) is 21.0. The molecule has 28 heavy (non-hydrogen) atoms. The van der Waals surface area contributed by atoms with E-state index in [1.165, 1.54) is 19.2 Å². The Balaban J connectivity index is 2.46. The van der Waals surface area contributed by atoms with Crippen molar-refractivity contribution in [2.45, 2.75) is 20.8 Å². The van der Waals surface area contributed by atoms with Gasteiger partial charge in [0.25, 0.3) is 11.6 Å². The number of ether oxygens (including phenoxy) is 2. The van der Waals surface area contributed by atoms with Crippen molar-refractivity contribution in [2.75, 3.05) is 19.0 Å². The maximum Gasteiger partial charge on any atom is 0.348 e. The van der Waals surface area contributed by atoms with Crippen molar-refractivity contribution in [2.24, 2.45) is 0 Å². The number of amides is 1. The molecular weight excluding hydrogens is 388 g/mol. The minimum Gasteiger partial charge on any atom is -0.465 e. The van der Waals surface area contributed by atoms with Crippen molar-refractivity contribution in [3.05, 3.63) is 55.4 Å². The minimum absolute atomic E-state index is 0.0396. The smallest absolute Gasteiger partial charge is 0.348 e. The molecule has 1 aromatic heterocycles. The van der Waals surface area contributed by atoms with Gasteiger partial charge < -0.3 is 14.8 Å². The minimum atomic E-state index is -0.698. The van der Waals surface area contributed by atoms with E-state index in [1.807, 2.05) is 0 Å². The van der Waals surface area contributed by atoms with Crippen molar-refractivity contribution in [3.8, 4) is 0 Å². The van der Waals surface area contributed by atoms with Gasteiger partial charge in [-0.25, -0.2) is 9.59 Å². The fourth-order valence-corrected chi connectivity index (χ4v) is 3.57. The monoisotopic (exact) mass is 406 g/mol. The van der Waals surface area contributed by atoms with Gasteiger partial charge in [0.2, 0.25) is 0 Å². The molecule has 0 atom stereocenters. The summed E-state index contributed by atoms with van der Waals surface area (Å²) in [7, 11) is 1.20. The summed E-state index contributed by atoms with van der Waals surface area (Å²) < 4.78 is 9.71. The molecule has 0 saturated heterocycles. The number of methoxy groups -OCH3 is 1. The number of rotatable bonds is 6. The molecule has 2 aromatic rings. The number of nitrogens with one attached hydrogen (secondary N) is 1. The fourth-order valence-electron chi connectivity index (χ4n) is 2.46. The maximum absolute atomic E-state index is 12.6. The van der Waals surface area contributed by atoms with Crippen molar-refractivity contribution in [1.29, 1.82) is 0 Å². The SMILES string of the molecule is CCOC(=O)c1c(NC(=O)c2ccc(C)c([N+](=O)[O-])c2)sc(C(=O)OC)c1C. The molecule has 1 N–H and O–H groups in total. The van der Waals surface area contributed by atoms with Gasteiger partial charge in [-0.1, -0.05) is 6.07 Å². The van der Waals surface area contributed by atoms with E-state index in [4.69, 9.17) is 9.47 Å². The number of nitrogens with zero attached hydrogens (tertiary/aromatic N) is 1. The molecular formula is C18H18N2O7S. The molecule has 0 saturated carbocycles. The predicted octanol–water partition coefficient (Wildman–Crippen LogP) is 3.49. The molecule has 0 bridgehead atoms. The number of nitro benzene ring substituents is 1. The standard InChI is InChI=1S/C18H18N2O7S/c1-5-27-17(22)13-10(3)14(18(23)26-4)28-16(13)19-15(21)11-7-6-9(2)12(8-11)20(24)25/h6-8H,5H2,1-4H3,(H,19,21). The molecule has 1 aromatic carbocycles. The normalized spacial score (nSPS) is 10.3. The van der Waals surface area contributed by atoms with Crippen molar-refractivity contribution >= 4 is 39.9 Å². The molecule has 1 amide bonds. The third-order valence-corrected chi connectivity index (χ3v) is 5.08. The number of carbonyl (C=O) groups excluding carboxylic acids is 3. The Hall–Kier alpha value is -3.27. The van der Waals surface area contributed by atoms with E-state index >= 15 is 0 Å². The molecule has 148 valence electrons. The third kappa shape index (κ3) is 4.17. The average Bonchev–Trinajstić information content (AvgIpc) is 2.97. The first-order valence-electron chi connectivity index (χ1n) is 8.16. The third-order valence-electron chi connectivity index (χ3n) is 3.89. The van der Waals surface area contributed by atoms with Crippen LogP contribution >= 0.6 is 11.3 Å². The van der Waals surface area contributed by atoms with E-state index in [-0.39, 0.29) is 33.3 Å². The first-order valence-corrected chi connectivity index (χ1v) is 8.98. The predicted molar refractivity (Wildman–Crippen MR) is 102 cm³/mol. The van der Waals surface area contributed by atoms with Crippen molar-refractivity contribution < 1.29 is 28.8 Å². The van der Waals surface area contributed by atoms with Gasteiger partial charge in [-0.15, -0.1) is 11.3 Å². The lowest BCUT2D eigenvalue weighted by atomic mass is 10.1. The van der Waals surface area contributed by atoms with E-state index in [0.29, 0.717) is 11.1 Å². The number of carbonyl (C=O) groups is 3. The van der Waals surface area contributed by atoms with Crippen LogP contribution in [0.5, 0.6) is 0 Å². The maximum atomic E-state index is 12.6. The second-order valence-corrected chi connectivity index (χ2v) is 6.71. The van der Waals surface area contributed by atoms with E-state index < -0.39 is 22.8 Å². The summed E-state index contributed by atoms with van der Waals surface area (Å²) in [5.74, 6) is -2.01. The summed E-state index contributed by atoms with van der Waals surface area (Å²) in [6, 6.07) is 4.04. The molecule has 2 rings (SSSR count). The number of thiophene rings is 1. The van der Waals surface area contributed by atoms with Gasteiger partial charge in [-0.05, 0) is 32.4 Å². The molecule has 0 aliphatic carbocycles. The summed E-state index contributed by atoms with van der Waals surface area (Å²) in [6.07, 6.45) is 0. The van der Waals surface area contributed by atoms with Gasteiger partial charge in [-0.3, -0.25) is 14.9 Å². The zero-order valence-corrected chi connectivity index (χ0v) is 16.5. The number of hydrogen-bond acceptors (Lipinski definition) is 8. The van der Waals surface area contributed by atoms with Crippen LogP contribution in [0.4, 0.5) is 10.7 Å². The summed E-state index contributed by atoms with van der Waals surface area (Å²) in [5.41, 5.74) is 0.616. The van der Waals surface area contributed by atoms with Crippen LogP contribution in [0.2, 0.25) is 0 Å². The van der Waals surface area contributed by atoms with Crippen LogP contribution in [0.15, 0.2) is 18.2 Å². The lowest BCUT2D eigenvalue weighted by Gasteiger charge is -2.07. The molecule has 0 radical (unpaired) electrons. The van der Waals surface area contributed by atoms with Gasteiger partial charge in [-0.2, -0.15) is 0 Å². The first kappa shape index (κ1) is 21.0. The van der Waals surface area contributed by atoms with E-state index in [1.54, 1.807) is 20.8 Å². The number of nitro groups is 1. The lowest BCUT2D eigenvalue weighted by molar-refractivity contribution is -0.385. The topological polar surface area (TPSA) is 125 Å². The number of hydrogen-bond donors (Lipinski definition) is 1. The molecule has 9 nitrogen and oxygen atoms in total. The molecule has 1 heterocycles. The Bertz CT molecular complexity index is 965. The van der Waals surface area contributed by atoms with Crippen LogP contribution in [-0.2, 0) is 9.47 Å². The van der Waals surface area contributed by atoms with Gasteiger partial charge >= 0.3 is 11.9 Å². The Labute approximate surface area is 164 Å². The molecule has 0 aliphatic heterocycles. The van der Waals surface area contributed by atoms with Crippen LogP contribution < -0.4 is 5.32 Å². The largest absolute Gasteiger partial charge is 0.465 e. The van der Waals surface area contributed by atoms with Crippen LogP contribution in [0, 0.1) is 24.0 Å². The van der Waals surface area contributed by atoms with E-state index in [2.05, 4.69) is 5.32 Å². The van der Waals surface area contributed by atoms with Gasteiger partial charge in [0, 0.05) is 17.2 Å². The fraction of sp³-hybridized carbons (Fsp3) is 0.278. The van der Waals surface area contributed by atoms with Gasteiger partial charge in [0.05, 0.1) is 24.2 Å². The molecule has 0 spiro atoms. The van der Waals surface area contributed by atoms with Crippen LogP contribution in [0.3, 0.4) is 0 Å². The molecule has 0 fully saturated rings. The average molecular weight is 406 g/mol. The lowest BCUT2D eigenvalue weighted by Crippen LogP contribution is -2.15. The first-order chi connectivity index (χ1) is 13.2. The second kappa shape index (κ2) is 8.61. The van der Waals surface area contributed by atoms with Crippen LogP contribution in [-0.4, -0.2) is 36.5 Å². The highest BCUT2D eigenvalue weighted by Gasteiger charge is 2.27. The summed E-state index contributed by atoms with van der Waals surface area (Å²) >= 11 is 0.868. The zero-order valence-electron chi connectivity index (χ0n) is 15.7. The number of anilines is 1. The Morgan fingerprint density at radius 2 is 1.89 bits per heavy atom. The Morgan fingerprint density at radius 3 is 2.46 bits per heavy atom. The number of benzene rings is 1.